The van der Waals surface area contributed by atoms with Crippen molar-refractivity contribution in [1.82, 2.24) is 0 Å². The van der Waals surface area contributed by atoms with E-state index in [2.05, 4.69) is 0 Å². The molecule has 0 fully saturated rings. The van der Waals surface area contributed by atoms with Gasteiger partial charge in [0.05, 0.1) is 11.6 Å². The molecule has 0 N–H and O–H groups in total. The molecule has 0 aliphatic carbocycles. The van der Waals surface area contributed by atoms with Crippen molar-refractivity contribution in [2.75, 3.05) is 0 Å². The molecule has 0 rings (SSSR count). The first-order valence-electron chi connectivity index (χ1n) is 2.25. The Morgan fingerprint density at radius 1 is 1.20 bits per heavy atom. The van der Waals surface area contributed by atoms with E-state index in [0.29, 0.717) is 0 Å². The number of hydrogen-bond donors (Lipinski definition) is 0. The summed E-state index contributed by atoms with van der Waals surface area (Å²) in [7, 11) is 0. The van der Waals surface area contributed by atoms with Crippen molar-refractivity contribution in [3.05, 3.63) is 11.6 Å². The summed E-state index contributed by atoms with van der Waals surface area (Å²) in [5, 5.41) is 7.74. The highest BCUT2D eigenvalue weighted by molar-refractivity contribution is 5.17. The van der Waals surface area contributed by atoms with Crippen LogP contribution in [0.1, 0.15) is 0 Å². The molecule has 0 heterocycles. The molecular formula is C5H3F4N. The van der Waals surface area contributed by atoms with E-state index >= 15 is 0 Å². The zero-order valence-corrected chi connectivity index (χ0v) is 4.69. The average Bonchev–Trinajstić information content (AvgIpc) is 1.81. The number of allylic oxidation sites excluding steroid dienone is 2. The van der Waals surface area contributed by atoms with Gasteiger partial charge in [0, 0.05) is 6.08 Å². The molecule has 0 aromatic rings. The van der Waals surface area contributed by atoms with Gasteiger partial charge >= 0.3 is 0 Å². The Balaban J connectivity index is 4.30. The van der Waals surface area contributed by atoms with Crippen LogP contribution in [0.5, 0.6) is 0 Å². The summed E-state index contributed by atoms with van der Waals surface area (Å²) in [6, 6.07) is 1.11. The van der Waals surface area contributed by atoms with Crippen LogP contribution in [0.15, 0.2) is 11.6 Å². The van der Waals surface area contributed by atoms with Crippen LogP contribution >= 0.6 is 0 Å². The van der Waals surface area contributed by atoms with Crippen LogP contribution in [-0.2, 0) is 0 Å². The van der Waals surface area contributed by atoms with Crippen LogP contribution < -0.4 is 0 Å². The molecule has 0 aromatic heterocycles. The second kappa shape index (κ2) is 3.88. The zero-order chi connectivity index (χ0) is 8.15. The fourth-order valence-corrected chi connectivity index (χ4v) is 0.296. The lowest BCUT2D eigenvalue weighted by Gasteiger charge is -2.00. The van der Waals surface area contributed by atoms with E-state index in [0.717, 1.165) is 6.07 Å². The molecule has 0 bridgehead atoms. The van der Waals surface area contributed by atoms with Crippen molar-refractivity contribution in [2.45, 2.75) is 12.9 Å². The normalized spacial score (nSPS) is 9.70. The first-order valence-corrected chi connectivity index (χ1v) is 2.25. The molecule has 0 amide bonds. The zero-order valence-electron chi connectivity index (χ0n) is 4.69. The molecule has 10 heavy (non-hydrogen) atoms. The number of nitriles is 1. The lowest BCUT2D eigenvalue weighted by molar-refractivity contribution is 0.112. The Hall–Kier alpha value is -1.05. The summed E-state index contributed by atoms with van der Waals surface area (Å²) in [4.78, 5) is 0. The minimum atomic E-state index is -3.25. The molecular weight excluding hydrogens is 150 g/mol. The second-order valence-electron chi connectivity index (χ2n) is 1.37. The predicted molar refractivity (Wildman–Crippen MR) is 25.7 cm³/mol. The Labute approximate surface area is 54.6 Å². The lowest BCUT2D eigenvalue weighted by Crippen LogP contribution is -2.06. The molecule has 0 saturated carbocycles. The number of hydrogen-bond acceptors (Lipinski definition) is 1. The van der Waals surface area contributed by atoms with Crippen molar-refractivity contribution in [3.8, 4) is 6.07 Å². The van der Waals surface area contributed by atoms with Gasteiger partial charge in [0.2, 0.25) is 0 Å². The van der Waals surface area contributed by atoms with E-state index in [1.165, 1.54) is 0 Å². The van der Waals surface area contributed by atoms with Gasteiger partial charge in [-0.1, -0.05) is 0 Å². The van der Waals surface area contributed by atoms with Crippen LogP contribution in [0.4, 0.5) is 17.6 Å². The van der Waals surface area contributed by atoms with E-state index in [9.17, 15) is 17.6 Å². The molecule has 0 aliphatic rings. The lowest BCUT2D eigenvalue weighted by atomic mass is 10.3. The van der Waals surface area contributed by atoms with Crippen molar-refractivity contribution in [3.63, 3.8) is 0 Å². The maximum Gasteiger partial charge on any atom is 0.266 e. The van der Waals surface area contributed by atoms with E-state index < -0.39 is 18.4 Å². The topological polar surface area (TPSA) is 23.8 Å². The molecule has 0 atom stereocenters. The fourth-order valence-electron chi connectivity index (χ4n) is 0.296. The van der Waals surface area contributed by atoms with Crippen LogP contribution in [0.25, 0.3) is 0 Å². The summed E-state index contributed by atoms with van der Waals surface area (Å²) in [6.07, 6.45) is -6.34. The third kappa shape index (κ3) is 2.49. The third-order valence-corrected chi connectivity index (χ3v) is 0.735. The predicted octanol–water partition coefficient (Wildman–Crippen LogP) is 1.97. The number of halogens is 4. The van der Waals surface area contributed by atoms with Gasteiger partial charge in [-0.15, -0.1) is 0 Å². The van der Waals surface area contributed by atoms with Crippen LogP contribution in [-0.4, -0.2) is 12.9 Å². The Kier molecular flexibility index (Phi) is 3.47. The molecule has 0 aliphatic heterocycles. The maximum absolute atomic E-state index is 11.4. The minimum absolute atomic E-state index is 0.162. The highest BCUT2D eigenvalue weighted by Gasteiger charge is 2.20. The van der Waals surface area contributed by atoms with E-state index in [4.69, 9.17) is 5.26 Å². The highest BCUT2D eigenvalue weighted by Crippen LogP contribution is 2.16. The fraction of sp³-hybridized carbons (Fsp3) is 0.400. The summed E-state index contributed by atoms with van der Waals surface area (Å²) in [6.45, 7) is 0. The monoisotopic (exact) mass is 153 g/mol. The summed E-state index contributed by atoms with van der Waals surface area (Å²) in [5.41, 5.74) is -1.43. The SMILES string of the molecule is N#CC=C(C(F)F)C(F)F. The van der Waals surface area contributed by atoms with Crippen LogP contribution in [0.3, 0.4) is 0 Å². The molecule has 1 nitrogen and oxygen atoms in total. The Bertz CT molecular complexity index is 157. The largest absolute Gasteiger partial charge is 0.266 e. The minimum Gasteiger partial charge on any atom is -0.205 e. The molecule has 0 saturated heterocycles. The van der Waals surface area contributed by atoms with Crippen molar-refractivity contribution >= 4 is 0 Å². The summed E-state index contributed by atoms with van der Waals surface area (Å²) >= 11 is 0. The molecule has 0 spiro atoms. The Morgan fingerprint density at radius 3 is 1.70 bits per heavy atom. The second-order valence-corrected chi connectivity index (χ2v) is 1.37. The summed E-state index contributed by atoms with van der Waals surface area (Å²) in [5.74, 6) is 0. The van der Waals surface area contributed by atoms with E-state index in [-0.39, 0.29) is 6.08 Å². The van der Waals surface area contributed by atoms with Crippen LogP contribution in [0.2, 0.25) is 0 Å². The highest BCUT2D eigenvalue weighted by atomic mass is 19.3. The first kappa shape index (κ1) is 8.95. The molecule has 56 valence electrons. The number of alkyl halides is 4. The molecule has 0 radical (unpaired) electrons. The molecule has 5 heteroatoms. The quantitative estimate of drug-likeness (QED) is 0.439. The van der Waals surface area contributed by atoms with Gasteiger partial charge in [0.15, 0.2) is 0 Å². The average molecular weight is 153 g/mol. The summed E-state index contributed by atoms with van der Waals surface area (Å²) < 4.78 is 45.8. The van der Waals surface area contributed by atoms with Crippen molar-refractivity contribution in [1.29, 1.82) is 5.26 Å². The van der Waals surface area contributed by atoms with Gasteiger partial charge in [-0.25, -0.2) is 17.6 Å². The van der Waals surface area contributed by atoms with Gasteiger partial charge in [-0.2, -0.15) is 5.26 Å². The van der Waals surface area contributed by atoms with E-state index in [1.807, 2.05) is 0 Å². The van der Waals surface area contributed by atoms with Gasteiger partial charge in [0.25, 0.3) is 12.9 Å². The van der Waals surface area contributed by atoms with Gasteiger partial charge in [0.1, 0.15) is 0 Å². The Morgan fingerprint density at radius 2 is 1.60 bits per heavy atom. The van der Waals surface area contributed by atoms with Crippen molar-refractivity contribution < 1.29 is 17.6 Å². The van der Waals surface area contributed by atoms with Gasteiger partial charge in [-0.3, -0.25) is 0 Å². The third-order valence-electron chi connectivity index (χ3n) is 0.735. The van der Waals surface area contributed by atoms with Crippen LogP contribution in [0, 0.1) is 11.3 Å². The molecule has 0 unspecified atom stereocenters. The van der Waals surface area contributed by atoms with Gasteiger partial charge in [-0.05, 0) is 0 Å². The van der Waals surface area contributed by atoms with E-state index in [1.54, 1.807) is 0 Å². The first-order chi connectivity index (χ1) is 4.59. The van der Waals surface area contributed by atoms with Gasteiger partial charge < -0.3 is 0 Å². The van der Waals surface area contributed by atoms with Crippen molar-refractivity contribution in [2.24, 2.45) is 0 Å². The number of nitrogens with zero attached hydrogens (tertiary/aromatic N) is 1. The smallest absolute Gasteiger partial charge is 0.205 e. The standard InChI is InChI=1S/C5H3F4N/c6-4(7)3(1-2-10)5(8)9/h1,4-5H. The molecule has 0 aromatic carbocycles. The number of rotatable bonds is 2. The maximum atomic E-state index is 11.4.